The maximum Gasteiger partial charge on any atom is 0.253 e. The number of nitrogens with zero attached hydrogens (tertiary/aromatic N) is 1. The molecule has 2 aliphatic heterocycles. The molecule has 1 amide bonds. The molecule has 106 valence electrons. The van der Waals surface area contributed by atoms with Crippen LogP contribution < -0.4 is 4.74 Å². The number of benzene rings is 1. The molecule has 1 aromatic rings. The van der Waals surface area contributed by atoms with Crippen LogP contribution in [0.4, 0.5) is 0 Å². The van der Waals surface area contributed by atoms with E-state index in [1.165, 1.54) is 0 Å². The summed E-state index contributed by atoms with van der Waals surface area (Å²) in [4.78, 5) is 26.1. The average molecular weight is 273 g/mol. The predicted molar refractivity (Wildman–Crippen MR) is 74.9 cm³/mol. The Bertz CT molecular complexity index is 553. The molecule has 20 heavy (non-hydrogen) atoms. The zero-order chi connectivity index (χ0) is 14.1. The molecule has 0 aromatic heterocycles. The first kappa shape index (κ1) is 13.2. The quantitative estimate of drug-likeness (QED) is 0.828. The minimum Gasteiger partial charge on any atom is -0.493 e. The number of carbonyl (C=O) groups excluding carboxylic acids is 2. The minimum atomic E-state index is 0.00506. The first-order valence-corrected chi connectivity index (χ1v) is 7.26. The summed E-state index contributed by atoms with van der Waals surface area (Å²) in [6, 6.07) is 5.63. The molecule has 0 radical (unpaired) electrons. The van der Waals surface area contributed by atoms with E-state index in [0.717, 1.165) is 24.2 Å². The largest absolute Gasteiger partial charge is 0.493 e. The number of hydrogen-bond acceptors (Lipinski definition) is 3. The summed E-state index contributed by atoms with van der Waals surface area (Å²) in [7, 11) is 0. The van der Waals surface area contributed by atoms with Gasteiger partial charge in [-0.1, -0.05) is 6.92 Å². The van der Waals surface area contributed by atoms with Crippen LogP contribution in [0.1, 0.15) is 35.7 Å². The highest BCUT2D eigenvalue weighted by Gasteiger charge is 2.29. The topological polar surface area (TPSA) is 46.6 Å². The summed E-state index contributed by atoms with van der Waals surface area (Å²) in [5.41, 5.74) is 1.81. The van der Waals surface area contributed by atoms with Crippen molar-refractivity contribution in [1.82, 2.24) is 4.90 Å². The number of fused-ring (bicyclic) bond motifs is 1. The van der Waals surface area contributed by atoms with Gasteiger partial charge in [-0.2, -0.15) is 0 Å². The van der Waals surface area contributed by atoms with Crippen LogP contribution in [-0.4, -0.2) is 36.3 Å². The summed E-state index contributed by atoms with van der Waals surface area (Å²) >= 11 is 0. The lowest BCUT2D eigenvalue weighted by atomic mass is 9.93. The van der Waals surface area contributed by atoms with Crippen molar-refractivity contribution in [1.29, 1.82) is 0 Å². The maximum atomic E-state index is 12.5. The van der Waals surface area contributed by atoms with E-state index in [0.29, 0.717) is 37.5 Å². The van der Waals surface area contributed by atoms with E-state index in [2.05, 4.69) is 0 Å². The van der Waals surface area contributed by atoms with Crippen LogP contribution in [-0.2, 0) is 11.2 Å². The van der Waals surface area contributed by atoms with E-state index < -0.39 is 0 Å². The number of amides is 1. The molecule has 1 fully saturated rings. The Morgan fingerprint density at radius 3 is 3.05 bits per heavy atom. The SMILES string of the molecule is CCC1CN(C(=O)c2ccc3c(c2)CCO3)CCC1=O. The third kappa shape index (κ3) is 2.30. The standard InChI is InChI=1S/C16H19NO3/c1-2-11-10-17(7-5-14(11)18)16(19)13-3-4-15-12(9-13)6-8-20-15/h3-4,9,11H,2,5-8,10H2,1H3. The smallest absolute Gasteiger partial charge is 0.253 e. The fraction of sp³-hybridized carbons (Fsp3) is 0.500. The molecule has 4 nitrogen and oxygen atoms in total. The van der Waals surface area contributed by atoms with E-state index in [9.17, 15) is 9.59 Å². The molecule has 0 aliphatic carbocycles. The molecule has 1 unspecified atom stereocenters. The van der Waals surface area contributed by atoms with Crippen molar-refractivity contribution in [3.05, 3.63) is 29.3 Å². The Morgan fingerprint density at radius 1 is 1.40 bits per heavy atom. The highest BCUT2D eigenvalue weighted by Crippen LogP contribution is 2.27. The van der Waals surface area contributed by atoms with E-state index in [-0.39, 0.29) is 11.8 Å². The summed E-state index contributed by atoms with van der Waals surface area (Å²) in [5, 5.41) is 0. The molecule has 0 N–H and O–H groups in total. The molecule has 1 atom stereocenters. The van der Waals surface area contributed by atoms with Crippen LogP contribution in [0.25, 0.3) is 0 Å². The number of hydrogen-bond donors (Lipinski definition) is 0. The molecule has 0 bridgehead atoms. The van der Waals surface area contributed by atoms with Crippen molar-refractivity contribution in [2.45, 2.75) is 26.2 Å². The van der Waals surface area contributed by atoms with Gasteiger partial charge in [-0.15, -0.1) is 0 Å². The van der Waals surface area contributed by atoms with Crippen LogP contribution in [0.5, 0.6) is 5.75 Å². The van der Waals surface area contributed by atoms with Gasteiger partial charge < -0.3 is 9.64 Å². The Kier molecular flexibility index (Phi) is 3.47. The Morgan fingerprint density at radius 2 is 2.25 bits per heavy atom. The lowest BCUT2D eigenvalue weighted by molar-refractivity contribution is -0.125. The summed E-state index contributed by atoms with van der Waals surface area (Å²) < 4.78 is 5.46. The molecule has 1 aromatic carbocycles. The fourth-order valence-corrected chi connectivity index (χ4v) is 2.95. The van der Waals surface area contributed by atoms with Crippen molar-refractivity contribution in [3.63, 3.8) is 0 Å². The second kappa shape index (κ2) is 5.27. The fourth-order valence-electron chi connectivity index (χ4n) is 2.95. The van der Waals surface area contributed by atoms with Gasteiger partial charge in [-0.3, -0.25) is 9.59 Å². The lowest BCUT2D eigenvalue weighted by Crippen LogP contribution is -2.43. The number of likely N-dealkylation sites (tertiary alicyclic amines) is 1. The van der Waals surface area contributed by atoms with E-state index in [1.807, 2.05) is 30.0 Å². The molecular formula is C16H19NO3. The predicted octanol–water partition coefficient (Wildman–Crippen LogP) is 2.06. The Balaban J connectivity index is 1.77. The second-order valence-electron chi connectivity index (χ2n) is 5.49. The van der Waals surface area contributed by atoms with E-state index in [4.69, 9.17) is 4.74 Å². The van der Waals surface area contributed by atoms with Gasteiger partial charge in [0, 0.05) is 37.4 Å². The van der Waals surface area contributed by atoms with Crippen molar-refractivity contribution in [3.8, 4) is 5.75 Å². The normalized spacial score (nSPS) is 21.6. The number of ether oxygens (including phenoxy) is 1. The zero-order valence-corrected chi connectivity index (χ0v) is 11.7. The summed E-state index contributed by atoms with van der Waals surface area (Å²) in [6.45, 7) is 3.80. The van der Waals surface area contributed by atoms with Crippen LogP contribution in [0.15, 0.2) is 18.2 Å². The average Bonchev–Trinajstić information content (AvgIpc) is 2.94. The molecule has 2 aliphatic rings. The Labute approximate surface area is 118 Å². The monoisotopic (exact) mass is 273 g/mol. The molecule has 1 saturated heterocycles. The Hall–Kier alpha value is -1.84. The van der Waals surface area contributed by atoms with Gasteiger partial charge >= 0.3 is 0 Å². The van der Waals surface area contributed by atoms with Gasteiger partial charge in [0.2, 0.25) is 0 Å². The third-order valence-corrected chi connectivity index (χ3v) is 4.24. The number of rotatable bonds is 2. The van der Waals surface area contributed by atoms with Gasteiger partial charge in [0.15, 0.2) is 0 Å². The summed E-state index contributed by atoms with van der Waals surface area (Å²) in [5.74, 6) is 1.22. The van der Waals surface area contributed by atoms with Gasteiger partial charge in [-0.25, -0.2) is 0 Å². The molecular weight excluding hydrogens is 254 g/mol. The lowest BCUT2D eigenvalue weighted by Gasteiger charge is -2.31. The van der Waals surface area contributed by atoms with Crippen LogP contribution in [0.2, 0.25) is 0 Å². The van der Waals surface area contributed by atoms with E-state index >= 15 is 0 Å². The minimum absolute atomic E-state index is 0.00506. The van der Waals surface area contributed by atoms with Gasteiger partial charge in [0.1, 0.15) is 11.5 Å². The number of ketones is 1. The molecule has 4 heteroatoms. The number of carbonyl (C=O) groups is 2. The third-order valence-electron chi connectivity index (χ3n) is 4.24. The summed E-state index contributed by atoms with van der Waals surface area (Å²) in [6.07, 6.45) is 2.16. The first-order valence-electron chi connectivity index (χ1n) is 7.26. The van der Waals surface area contributed by atoms with Crippen LogP contribution in [0, 0.1) is 5.92 Å². The molecule has 3 rings (SSSR count). The van der Waals surface area contributed by atoms with Crippen molar-refractivity contribution < 1.29 is 14.3 Å². The van der Waals surface area contributed by atoms with E-state index in [1.54, 1.807) is 0 Å². The van der Waals surface area contributed by atoms with Crippen molar-refractivity contribution >= 4 is 11.7 Å². The van der Waals surface area contributed by atoms with Gasteiger partial charge in [0.05, 0.1) is 6.61 Å². The van der Waals surface area contributed by atoms with Crippen LogP contribution >= 0.6 is 0 Å². The highest BCUT2D eigenvalue weighted by atomic mass is 16.5. The second-order valence-corrected chi connectivity index (χ2v) is 5.49. The number of Topliss-reactive ketones (excluding diaryl/α,β-unsaturated/α-hetero) is 1. The zero-order valence-electron chi connectivity index (χ0n) is 11.7. The molecule has 0 saturated carbocycles. The molecule has 0 spiro atoms. The van der Waals surface area contributed by atoms with Gasteiger partial charge in [-0.05, 0) is 30.2 Å². The van der Waals surface area contributed by atoms with Crippen molar-refractivity contribution in [2.24, 2.45) is 5.92 Å². The number of piperidine rings is 1. The highest BCUT2D eigenvalue weighted by molar-refractivity contribution is 5.96. The first-order chi connectivity index (χ1) is 9.69. The van der Waals surface area contributed by atoms with Crippen molar-refractivity contribution in [2.75, 3.05) is 19.7 Å². The van der Waals surface area contributed by atoms with Gasteiger partial charge in [0.25, 0.3) is 5.91 Å². The maximum absolute atomic E-state index is 12.5. The van der Waals surface area contributed by atoms with Crippen LogP contribution in [0.3, 0.4) is 0 Å². The molecule has 2 heterocycles.